The summed E-state index contributed by atoms with van der Waals surface area (Å²) in [5, 5.41) is 23.6. The lowest BCUT2D eigenvalue weighted by molar-refractivity contribution is 0.668. The first-order valence-electron chi connectivity index (χ1n) is 13.6. The molecule has 0 bridgehead atoms. The Morgan fingerprint density at radius 3 is 1.74 bits per heavy atom. The molecular weight excluding hydrogens is 516 g/mol. The molecule has 4 heteroatoms. The van der Waals surface area contributed by atoms with Gasteiger partial charge in [-0.1, -0.05) is 54.6 Å². The first kappa shape index (κ1) is 23.8. The van der Waals surface area contributed by atoms with E-state index in [0.29, 0.717) is 11.1 Å². The summed E-state index contributed by atoms with van der Waals surface area (Å²) in [6, 6.07) is 44.7. The molecule has 0 N–H and O–H groups in total. The lowest BCUT2D eigenvalue weighted by Gasteiger charge is -2.13. The molecule has 42 heavy (non-hydrogen) atoms. The molecule has 6 aromatic carbocycles. The van der Waals surface area contributed by atoms with E-state index >= 15 is 0 Å². The van der Waals surface area contributed by atoms with Gasteiger partial charge in [-0.15, -0.1) is 0 Å². The normalized spacial score (nSPS) is 11.3. The summed E-state index contributed by atoms with van der Waals surface area (Å²) in [7, 11) is 0. The van der Waals surface area contributed by atoms with Crippen LogP contribution in [0.4, 0.5) is 0 Å². The molecule has 0 saturated carbocycles. The standard InChI is InChI=1S/C38H20N2O2/c39-21-23-14-24(22-40)16-26(15-23)28-17-27(25-12-13-32-31-6-1-3-9-34(31)42-37(32)20-25)18-29(19-28)30-8-5-11-36-38(30)33-7-2-4-10-35(33)41-36/h1-20H. The number of furan rings is 2. The minimum atomic E-state index is 0.447. The van der Waals surface area contributed by atoms with Crippen LogP contribution < -0.4 is 0 Å². The van der Waals surface area contributed by atoms with Crippen LogP contribution >= 0.6 is 0 Å². The van der Waals surface area contributed by atoms with Crippen molar-refractivity contribution in [1.29, 1.82) is 10.5 Å². The van der Waals surface area contributed by atoms with Crippen molar-refractivity contribution in [3.63, 3.8) is 0 Å². The van der Waals surface area contributed by atoms with Crippen molar-refractivity contribution in [3.05, 3.63) is 132 Å². The van der Waals surface area contributed by atoms with Crippen LogP contribution in [0.5, 0.6) is 0 Å². The molecule has 0 amide bonds. The maximum absolute atomic E-state index is 9.67. The third kappa shape index (κ3) is 3.75. The van der Waals surface area contributed by atoms with Crippen LogP contribution in [0.3, 0.4) is 0 Å². The number of para-hydroxylation sites is 2. The van der Waals surface area contributed by atoms with Gasteiger partial charge in [0.25, 0.3) is 0 Å². The van der Waals surface area contributed by atoms with Crippen LogP contribution in [0, 0.1) is 22.7 Å². The predicted octanol–water partition coefficient (Wildman–Crippen LogP) is 10.2. The van der Waals surface area contributed by atoms with Crippen molar-refractivity contribution in [1.82, 2.24) is 0 Å². The quantitative estimate of drug-likeness (QED) is 0.225. The Labute approximate surface area is 240 Å². The summed E-state index contributed by atoms with van der Waals surface area (Å²) < 4.78 is 12.4. The minimum Gasteiger partial charge on any atom is -0.456 e. The summed E-state index contributed by atoms with van der Waals surface area (Å²) in [5.74, 6) is 0. The Hall–Kier alpha value is -6.10. The van der Waals surface area contributed by atoms with Gasteiger partial charge >= 0.3 is 0 Å². The van der Waals surface area contributed by atoms with Gasteiger partial charge in [0.2, 0.25) is 0 Å². The lowest BCUT2D eigenvalue weighted by atomic mass is 9.90. The highest BCUT2D eigenvalue weighted by Gasteiger charge is 2.16. The molecule has 194 valence electrons. The highest BCUT2D eigenvalue weighted by molar-refractivity contribution is 6.13. The number of nitrogens with zero attached hydrogens (tertiary/aromatic N) is 2. The third-order valence-electron chi connectivity index (χ3n) is 7.88. The third-order valence-corrected chi connectivity index (χ3v) is 7.88. The molecule has 0 atom stereocenters. The SMILES string of the molecule is N#Cc1cc(C#N)cc(-c2cc(-c3ccc4c(c3)oc3ccccc34)cc(-c3cccc4oc5ccccc5c34)c2)c1. The summed E-state index contributed by atoms with van der Waals surface area (Å²) in [4.78, 5) is 0. The smallest absolute Gasteiger partial charge is 0.136 e. The zero-order chi connectivity index (χ0) is 28.2. The molecular formula is C38H20N2O2. The number of hydrogen-bond donors (Lipinski definition) is 0. The molecule has 0 radical (unpaired) electrons. The van der Waals surface area contributed by atoms with Crippen LogP contribution in [0.2, 0.25) is 0 Å². The van der Waals surface area contributed by atoms with E-state index in [9.17, 15) is 10.5 Å². The van der Waals surface area contributed by atoms with Crippen molar-refractivity contribution >= 4 is 43.9 Å². The molecule has 0 spiro atoms. The van der Waals surface area contributed by atoms with Crippen LogP contribution in [0.15, 0.2) is 130 Å². The maximum Gasteiger partial charge on any atom is 0.136 e. The number of benzene rings is 6. The molecule has 0 fully saturated rings. The second kappa shape index (κ2) is 9.24. The molecule has 4 nitrogen and oxygen atoms in total. The van der Waals surface area contributed by atoms with Gasteiger partial charge in [-0.3, -0.25) is 0 Å². The van der Waals surface area contributed by atoms with Crippen molar-refractivity contribution in [2.45, 2.75) is 0 Å². The van der Waals surface area contributed by atoms with E-state index in [0.717, 1.165) is 77.3 Å². The Morgan fingerprint density at radius 1 is 0.405 bits per heavy atom. The number of fused-ring (bicyclic) bond motifs is 6. The molecule has 0 saturated heterocycles. The Balaban J connectivity index is 1.41. The average Bonchev–Trinajstić information content (AvgIpc) is 3.62. The van der Waals surface area contributed by atoms with Crippen LogP contribution in [-0.4, -0.2) is 0 Å². The van der Waals surface area contributed by atoms with Crippen molar-refractivity contribution in [2.75, 3.05) is 0 Å². The second-order valence-corrected chi connectivity index (χ2v) is 10.4. The highest BCUT2D eigenvalue weighted by Crippen LogP contribution is 2.41. The minimum absolute atomic E-state index is 0.447. The fraction of sp³-hybridized carbons (Fsp3) is 0. The zero-order valence-corrected chi connectivity index (χ0v) is 22.3. The topological polar surface area (TPSA) is 73.9 Å². The van der Waals surface area contributed by atoms with Gasteiger partial charge in [-0.25, -0.2) is 0 Å². The molecule has 2 heterocycles. The Kier molecular flexibility index (Phi) is 5.22. The largest absolute Gasteiger partial charge is 0.456 e. The van der Waals surface area contributed by atoms with Gasteiger partial charge < -0.3 is 8.83 Å². The van der Waals surface area contributed by atoms with E-state index in [1.807, 2.05) is 60.7 Å². The highest BCUT2D eigenvalue weighted by atomic mass is 16.3. The second-order valence-electron chi connectivity index (χ2n) is 10.4. The Bertz CT molecular complexity index is 2410. The molecule has 2 aromatic heterocycles. The molecule has 0 aliphatic carbocycles. The van der Waals surface area contributed by atoms with Gasteiger partial charge in [-0.2, -0.15) is 10.5 Å². The predicted molar refractivity (Wildman–Crippen MR) is 167 cm³/mol. The van der Waals surface area contributed by atoms with E-state index in [-0.39, 0.29) is 0 Å². The number of rotatable bonds is 3. The van der Waals surface area contributed by atoms with E-state index in [1.54, 1.807) is 6.07 Å². The van der Waals surface area contributed by atoms with E-state index in [1.165, 1.54) is 0 Å². The molecule has 8 rings (SSSR count). The van der Waals surface area contributed by atoms with Crippen LogP contribution in [-0.2, 0) is 0 Å². The molecule has 8 aromatic rings. The fourth-order valence-corrected chi connectivity index (χ4v) is 5.96. The van der Waals surface area contributed by atoms with E-state index in [4.69, 9.17) is 8.83 Å². The fourth-order valence-electron chi connectivity index (χ4n) is 5.96. The van der Waals surface area contributed by atoms with Crippen molar-refractivity contribution < 1.29 is 8.83 Å². The summed E-state index contributed by atoms with van der Waals surface area (Å²) >= 11 is 0. The summed E-state index contributed by atoms with van der Waals surface area (Å²) in [6.07, 6.45) is 0. The van der Waals surface area contributed by atoms with E-state index in [2.05, 4.69) is 66.7 Å². The summed E-state index contributed by atoms with van der Waals surface area (Å²) in [5.41, 5.74) is 10.00. The average molecular weight is 537 g/mol. The number of nitriles is 2. The van der Waals surface area contributed by atoms with Crippen molar-refractivity contribution in [2.24, 2.45) is 0 Å². The first-order valence-corrected chi connectivity index (χ1v) is 13.6. The van der Waals surface area contributed by atoms with Gasteiger partial charge in [0.15, 0.2) is 0 Å². The Morgan fingerprint density at radius 2 is 0.976 bits per heavy atom. The molecule has 0 aliphatic rings. The monoisotopic (exact) mass is 536 g/mol. The van der Waals surface area contributed by atoms with E-state index < -0.39 is 0 Å². The van der Waals surface area contributed by atoms with Gasteiger partial charge in [0.1, 0.15) is 22.3 Å². The van der Waals surface area contributed by atoms with Crippen LogP contribution in [0.25, 0.3) is 77.3 Å². The maximum atomic E-state index is 9.67. The molecule has 0 aliphatic heterocycles. The van der Waals surface area contributed by atoms with Gasteiger partial charge in [-0.05, 0) is 100 Å². The first-order chi connectivity index (χ1) is 20.7. The van der Waals surface area contributed by atoms with Crippen molar-refractivity contribution in [3.8, 4) is 45.5 Å². The van der Waals surface area contributed by atoms with Gasteiger partial charge in [0, 0.05) is 21.5 Å². The lowest BCUT2D eigenvalue weighted by Crippen LogP contribution is -1.89. The number of hydrogen-bond acceptors (Lipinski definition) is 4. The molecule has 0 unspecified atom stereocenters. The van der Waals surface area contributed by atoms with Gasteiger partial charge in [0.05, 0.1) is 23.3 Å². The summed E-state index contributed by atoms with van der Waals surface area (Å²) in [6.45, 7) is 0. The van der Waals surface area contributed by atoms with Crippen LogP contribution in [0.1, 0.15) is 11.1 Å². The zero-order valence-electron chi connectivity index (χ0n) is 22.3.